The molecule has 0 saturated heterocycles. The third kappa shape index (κ3) is 3.69. The van der Waals surface area contributed by atoms with Gasteiger partial charge in [0.15, 0.2) is 0 Å². The van der Waals surface area contributed by atoms with Gasteiger partial charge in [0.2, 0.25) is 0 Å². The summed E-state index contributed by atoms with van der Waals surface area (Å²) in [6, 6.07) is 22.2. The summed E-state index contributed by atoms with van der Waals surface area (Å²) in [5.74, 6) is -1.62. The minimum absolute atomic E-state index is 0.0670. The number of pyridine rings is 1. The number of carboxylic acids is 1. The Labute approximate surface area is 172 Å². The first-order valence-electron chi connectivity index (χ1n) is 9.37. The van der Waals surface area contributed by atoms with Crippen molar-refractivity contribution in [1.29, 1.82) is 5.26 Å². The van der Waals surface area contributed by atoms with Gasteiger partial charge in [-0.3, -0.25) is 4.79 Å². The van der Waals surface area contributed by atoms with Crippen LogP contribution in [0.25, 0.3) is 21.8 Å². The van der Waals surface area contributed by atoms with Crippen LogP contribution in [0.1, 0.15) is 21.5 Å². The molecule has 0 saturated carbocycles. The number of aliphatic carboxylic acids is 1. The standard InChI is InChI=1S/C24H17N3O3/c25-14-16-7-5-6-15(12-16)13-21(24(29)30)27-23(28)22-17-8-1-3-10-19(17)26-20-11-4-2-9-18(20)22/h1-12,21H,13H2,(H,27,28)(H,29,30)/t21-/m0/s1. The van der Waals surface area contributed by atoms with E-state index in [0.29, 0.717) is 38.5 Å². The normalized spacial score (nSPS) is 11.7. The first-order chi connectivity index (χ1) is 14.6. The molecule has 1 aromatic heterocycles. The Hall–Kier alpha value is -4.24. The van der Waals surface area contributed by atoms with E-state index in [9.17, 15) is 14.7 Å². The molecule has 3 aromatic carbocycles. The molecule has 146 valence electrons. The van der Waals surface area contributed by atoms with Crippen LogP contribution in [0.15, 0.2) is 72.8 Å². The van der Waals surface area contributed by atoms with Gasteiger partial charge in [-0.25, -0.2) is 9.78 Å². The number of nitriles is 1. The highest BCUT2D eigenvalue weighted by Crippen LogP contribution is 2.26. The van der Waals surface area contributed by atoms with Crippen molar-refractivity contribution in [2.45, 2.75) is 12.5 Å². The number of rotatable bonds is 5. The van der Waals surface area contributed by atoms with Crippen LogP contribution >= 0.6 is 0 Å². The summed E-state index contributed by atoms with van der Waals surface area (Å²) < 4.78 is 0. The molecule has 4 rings (SSSR count). The molecule has 0 bridgehead atoms. The highest BCUT2D eigenvalue weighted by molar-refractivity contribution is 6.16. The number of amides is 1. The molecule has 0 aliphatic rings. The van der Waals surface area contributed by atoms with Crippen LogP contribution in [-0.4, -0.2) is 28.0 Å². The van der Waals surface area contributed by atoms with Crippen molar-refractivity contribution in [2.24, 2.45) is 0 Å². The Morgan fingerprint density at radius 1 is 0.967 bits per heavy atom. The first kappa shape index (κ1) is 19.1. The van der Waals surface area contributed by atoms with E-state index in [1.165, 1.54) is 0 Å². The Bertz CT molecular complexity index is 1270. The number of aromatic nitrogens is 1. The molecule has 6 heteroatoms. The van der Waals surface area contributed by atoms with Crippen molar-refractivity contribution in [3.8, 4) is 6.07 Å². The van der Waals surface area contributed by atoms with Gasteiger partial charge in [-0.15, -0.1) is 0 Å². The molecule has 4 aromatic rings. The van der Waals surface area contributed by atoms with Crippen molar-refractivity contribution in [1.82, 2.24) is 10.3 Å². The van der Waals surface area contributed by atoms with Crippen LogP contribution in [0, 0.1) is 11.3 Å². The van der Waals surface area contributed by atoms with Gasteiger partial charge in [-0.1, -0.05) is 48.5 Å². The first-order valence-corrected chi connectivity index (χ1v) is 9.37. The van der Waals surface area contributed by atoms with E-state index >= 15 is 0 Å². The molecular formula is C24H17N3O3. The summed E-state index contributed by atoms with van der Waals surface area (Å²) in [4.78, 5) is 29.7. The lowest BCUT2D eigenvalue weighted by molar-refractivity contribution is -0.139. The van der Waals surface area contributed by atoms with Crippen molar-refractivity contribution in [3.05, 3.63) is 89.5 Å². The second-order valence-electron chi connectivity index (χ2n) is 6.90. The summed E-state index contributed by atoms with van der Waals surface area (Å²) in [7, 11) is 0. The number of nitrogens with zero attached hydrogens (tertiary/aromatic N) is 2. The van der Waals surface area contributed by atoms with E-state index < -0.39 is 17.9 Å². The number of nitrogens with one attached hydrogen (secondary N) is 1. The zero-order valence-corrected chi connectivity index (χ0v) is 15.9. The lowest BCUT2D eigenvalue weighted by Gasteiger charge is -2.17. The fraction of sp³-hybridized carbons (Fsp3) is 0.0833. The Balaban J connectivity index is 1.73. The Morgan fingerprint density at radius 2 is 1.60 bits per heavy atom. The highest BCUT2D eigenvalue weighted by atomic mass is 16.4. The van der Waals surface area contributed by atoms with E-state index in [1.54, 1.807) is 36.4 Å². The number of hydrogen-bond acceptors (Lipinski definition) is 4. The zero-order valence-electron chi connectivity index (χ0n) is 15.9. The Kier molecular flexibility index (Phi) is 5.10. The lowest BCUT2D eigenvalue weighted by atomic mass is 10.00. The molecule has 0 fully saturated rings. The minimum atomic E-state index is -1.15. The smallest absolute Gasteiger partial charge is 0.326 e. The molecule has 6 nitrogen and oxygen atoms in total. The molecule has 1 heterocycles. The maximum atomic E-state index is 13.2. The summed E-state index contributed by atoms with van der Waals surface area (Å²) in [6.07, 6.45) is 0.0670. The van der Waals surface area contributed by atoms with Crippen LogP contribution in [0.4, 0.5) is 0 Å². The predicted octanol–water partition coefficient (Wildman–Crippen LogP) is 3.69. The molecule has 0 aliphatic carbocycles. The average molecular weight is 395 g/mol. The molecule has 0 spiro atoms. The molecule has 1 amide bonds. The largest absolute Gasteiger partial charge is 0.480 e. The van der Waals surface area contributed by atoms with E-state index in [4.69, 9.17) is 5.26 Å². The van der Waals surface area contributed by atoms with E-state index in [0.717, 1.165) is 0 Å². The van der Waals surface area contributed by atoms with Crippen molar-refractivity contribution < 1.29 is 14.7 Å². The summed E-state index contributed by atoms with van der Waals surface area (Å²) in [5.41, 5.74) is 2.82. The van der Waals surface area contributed by atoms with Gasteiger partial charge >= 0.3 is 5.97 Å². The maximum Gasteiger partial charge on any atom is 0.326 e. The molecule has 1 atom stereocenters. The summed E-state index contributed by atoms with van der Waals surface area (Å²) >= 11 is 0. The summed E-state index contributed by atoms with van der Waals surface area (Å²) in [6.45, 7) is 0. The molecule has 30 heavy (non-hydrogen) atoms. The molecule has 0 unspecified atom stereocenters. The van der Waals surface area contributed by atoms with Gasteiger partial charge in [-0.05, 0) is 29.8 Å². The van der Waals surface area contributed by atoms with Crippen LogP contribution < -0.4 is 5.32 Å². The fourth-order valence-electron chi connectivity index (χ4n) is 3.52. The van der Waals surface area contributed by atoms with E-state index in [2.05, 4.69) is 10.3 Å². The molecule has 0 aliphatic heterocycles. The fourth-order valence-corrected chi connectivity index (χ4v) is 3.52. The van der Waals surface area contributed by atoms with E-state index in [1.807, 2.05) is 42.5 Å². The third-order valence-electron chi connectivity index (χ3n) is 4.91. The van der Waals surface area contributed by atoms with Crippen molar-refractivity contribution in [2.75, 3.05) is 0 Å². The number of fused-ring (bicyclic) bond motifs is 2. The van der Waals surface area contributed by atoms with Gasteiger partial charge in [0.25, 0.3) is 5.91 Å². The van der Waals surface area contributed by atoms with Crippen LogP contribution in [-0.2, 0) is 11.2 Å². The third-order valence-corrected chi connectivity index (χ3v) is 4.91. The predicted molar refractivity (Wildman–Crippen MR) is 113 cm³/mol. The highest BCUT2D eigenvalue weighted by Gasteiger charge is 2.24. The summed E-state index contributed by atoms with van der Waals surface area (Å²) in [5, 5.41) is 22.7. The maximum absolute atomic E-state index is 13.2. The molecule has 2 N–H and O–H groups in total. The number of para-hydroxylation sites is 2. The topological polar surface area (TPSA) is 103 Å². The average Bonchev–Trinajstić information content (AvgIpc) is 2.76. The number of carbonyl (C=O) groups is 2. The second kappa shape index (κ2) is 8.02. The number of carboxylic acid groups (broad SMARTS) is 1. The van der Waals surface area contributed by atoms with Gasteiger partial charge in [0.1, 0.15) is 6.04 Å². The van der Waals surface area contributed by atoms with Gasteiger partial charge in [0.05, 0.1) is 28.2 Å². The molecule has 0 radical (unpaired) electrons. The lowest BCUT2D eigenvalue weighted by Crippen LogP contribution is -2.42. The van der Waals surface area contributed by atoms with Crippen molar-refractivity contribution >= 4 is 33.7 Å². The minimum Gasteiger partial charge on any atom is -0.480 e. The monoisotopic (exact) mass is 395 g/mol. The van der Waals surface area contributed by atoms with Gasteiger partial charge < -0.3 is 10.4 Å². The Morgan fingerprint density at radius 3 is 2.20 bits per heavy atom. The van der Waals surface area contributed by atoms with E-state index in [-0.39, 0.29) is 6.42 Å². The number of carbonyl (C=O) groups excluding carboxylic acids is 1. The number of benzene rings is 3. The number of hydrogen-bond donors (Lipinski definition) is 2. The second-order valence-corrected chi connectivity index (χ2v) is 6.90. The van der Waals surface area contributed by atoms with Gasteiger partial charge in [0, 0.05) is 17.2 Å². The van der Waals surface area contributed by atoms with Gasteiger partial charge in [-0.2, -0.15) is 5.26 Å². The SMILES string of the molecule is N#Cc1cccc(C[C@H](NC(=O)c2c3ccccc3nc3ccccc23)C(=O)O)c1. The van der Waals surface area contributed by atoms with Crippen LogP contribution in [0.2, 0.25) is 0 Å². The van der Waals surface area contributed by atoms with Crippen LogP contribution in [0.5, 0.6) is 0 Å². The zero-order chi connectivity index (χ0) is 21.1. The molecular weight excluding hydrogens is 378 g/mol. The van der Waals surface area contributed by atoms with Crippen LogP contribution in [0.3, 0.4) is 0 Å². The quantitative estimate of drug-likeness (QED) is 0.502. The van der Waals surface area contributed by atoms with Crippen molar-refractivity contribution in [3.63, 3.8) is 0 Å².